The Morgan fingerprint density at radius 3 is 2.06 bits per heavy atom. The van der Waals surface area contributed by atoms with Crippen LogP contribution in [0.5, 0.6) is 0 Å². The molecule has 0 N–H and O–H groups in total. The van der Waals surface area contributed by atoms with Gasteiger partial charge in [-0.3, -0.25) is 9.59 Å². The molecule has 0 bridgehead atoms. The molecule has 0 rings (SSSR count). The van der Waals surface area contributed by atoms with Crippen molar-refractivity contribution in [2.24, 2.45) is 0 Å². The van der Waals surface area contributed by atoms with Crippen LogP contribution in [-0.2, 0) is 14.3 Å². The Bertz CT molecular complexity index is 254. The molecule has 0 atom stereocenters. The van der Waals surface area contributed by atoms with Gasteiger partial charge in [0.05, 0.1) is 6.61 Å². The fourth-order valence-electron chi connectivity index (χ4n) is 1.97. The van der Waals surface area contributed by atoms with Crippen molar-refractivity contribution in [3.05, 3.63) is 0 Å². The summed E-state index contributed by atoms with van der Waals surface area (Å²) in [5.41, 5.74) is 0. The molecule has 4 nitrogen and oxygen atoms in total. The minimum absolute atomic E-state index is 0.114. The monoisotopic (exact) mass is 257 g/mol. The van der Waals surface area contributed by atoms with E-state index in [0.717, 1.165) is 6.42 Å². The molecular formula is C14H27NO3. The lowest BCUT2D eigenvalue weighted by atomic mass is 10.1. The zero-order valence-corrected chi connectivity index (χ0v) is 12.4. The summed E-state index contributed by atoms with van der Waals surface area (Å²) in [7, 11) is 0. The lowest BCUT2D eigenvalue weighted by Gasteiger charge is -2.30. The van der Waals surface area contributed by atoms with Crippen molar-refractivity contribution < 1.29 is 14.3 Å². The third kappa shape index (κ3) is 6.62. The van der Waals surface area contributed by atoms with Crippen LogP contribution in [0.1, 0.15) is 60.3 Å². The van der Waals surface area contributed by atoms with Crippen molar-refractivity contribution in [2.75, 3.05) is 6.61 Å². The van der Waals surface area contributed by atoms with Gasteiger partial charge in [-0.2, -0.15) is 0 Å². The number of esters is 1. The smallest absolute Gasteiger partial charge is 0.305 e. The first-order valence-electron chi connectivity index (χ1n) is 6.86. The fraction of sp³-hybridized carbons (Fsp3) is 0.857. The second kappa shape index (κ2) is 8.95. The lowest BCUT2D eigenvalue weighted by molar-refractivity contribution is -0.144. The van der Waals surface area contributed by atoms with Gasteiger partial charge < -0.3 is 9.64 Å². The van der Waals surface area contributed by atoms with Crippen LogP contribution in [0.25, 0.3) is 0 Å². The van der Waals surface area contributed by atoms with Gasteiger partial charge in [0, 0.05) is 24.9 Å². The number of carbonyl (C=O) groups is 2. The largest absolute Gasteiger partial charge is 0.466 e. The van der Waals surface area contributed by atoms with E-state index < -0.39 is 0 Å². The molecule has 18 heavy (non-hydrogen) atoms. The molecule has 0 radical (unpaired) electrons. The molecule has 0 aromatic carbocycles. The van der Waals surface area contributed by atoms with Crippen LogP contribution in [0.2, 0.25) is 0 Å². The van der Waals surface area contributed by atoms with Crippen molar-refractivity contribution in [2.45, 2.75) is 72.4 Å². The molecule has 0 saturated carbocycles. The fourth-order valence-corrected chi connectivity index (χ4v) is 1.97. The van der Waals surface area contributed by atoms with Gasteiger partial charge in [0.25, 0.3) is 0 Å². The van der Waals surface area contributed by atoms with Gasteiger partial charge in [-0.1, -0.05) is 6.92 Å². The van der Waals surface area contributed by atoms with Crippen LogP contribution < -0.4 is 0 Å². The molecule has 1 amide bonds. The van der Waals surface area contributed by atoms with E-state index in [9.17, 15) is 9.59 Å². The van der Waals surface area contributed by atoms with E-state index in [-0.39, 0.29) is 24.0 Å². The maximum atomic E-state index is 12.0. The molecule has 0 heterocycles. The van der Waals surface area contributed by atoms with Crippen LogP contribution in [0.3, 0.4) is 0 Å². The molecule has 0 saturated heterocycles. The standard InChI is InChI=1S/C14H27NO3/c1-6-10-18-14(17)9-7-8-13(16)15(11(2)3)12(4)5/h11-12H,6-10H2,1-5H3. The first kappa shape index (κ1) is 16.9. The Labute approximate surface area is 111 Å². The molecule has 0 aliphatic carbocycles. The van der Waals surface area contributed by atoms with Crippen LogP contribution in [-0.4, -0.2) is 35.5 Å². The minimum Gasteiger partial charge on any atom is -0.466 e. The van der Waals surface area contributed by atoms with Crippen LogP contribution in [0.15, 0.2) is 0 Å². The summed E-state index contributed by atoms with van der Waals surface area (Å²) in [5, 5.41) is 0. The van der Waals surface area contributed by atoms with Gasteiger partial charge in [-0.15, -0.1) is 0 Å². The molecule has 0 unspecified atom stereocenters. The predicted octanol–water partition coefficient (Wildman–Crippen LogP) is 2.76. The van der Waals surface area contributed by atoms with Crippen LogP contribution >= 0.6 is 0 Å². The van der Waals surface area contributed by atoms with E-state index in [4.69, 9.17) is 4.74 Å². The van der Waals surface area contributed by atoms with E-state index >= 15 is 0 Å². The van der Waals surface area contributed by atoms with E-state index in [1.807, 2.05) is 39.5 Å². The number of ether oxygens (including phenoxy) is 1. The van der Waals surface area contributed by atoms with Gasteiger partial charge in [0.15, 0.2) is 0 Å². The van der Waals surface area contributed by atoms with Gasteiger partial charge in [0.1, 0.15) is 0 Å². The first-order valence-corrected chi connectivity index (χ1v) is 6.86. The summed E-state index contributed by atoms with van der Waals surface area (Å²) in [5.74, 6) is -0.0893. The van der Waals surface area contributed by atoms with Gasteiger partial charge >= 0.3 is 5.97 Å². The lowest BCUT2D eigenvalue weighted by Crippen LogP contribution is -2.41. The molecule has 0 spiro atoms. The minimum atomic E-state index is -0.203. The summed E-state index contributed by atoms with van der Waals surface area (Å²) in [6.07, 6.45) is 2.14. The molecule has 0 aromatic heterocycles. The average Bonchev–Trinajstić information content (AvgIpc) is 2.25. The summed E-state index contributed by atoms with van der Waals surface area (Å²) in [4.78, 5) is 25.1. The molecule has 0 aromatic rings. The molecule has 0 aliphatic rings. The second-order valence-electron chi connectivity index (χ2n) is 5.06. The molecule has 0 fully saturated rings. The Kier molecular flexibility index (Phi) is 8.42. The maximum Gasteiger partial charge on any atom is 0.305 e. The third-order valence-electron chi connectivity index (χ3n) is 2.64. The summed E-state index contributed by atoms with van der Waals surface area (Å²) in [6, 6.07) is 0.397. The van der Waals surface area contributed by atoms with Crippen molar-refractivity contribution in [1.82, 2.24) is 4.90 Å². The Balaban J connectivity index is 3.98. The van der Waals surface area contributed by atoms with Gasteiger partial charge in [-0.25, -0.2) is 0 Å². The Morgan fingerprint density at radius 2 is 1.61 bits per heavy atom. The molecule has 106 valence electrons. The number of hydrogen-bond acceptors (Lipinski definition) is 3. The summed E-state index contributed by atoms with van der Waals surface area (Å²) >= 11 is 0. The first-order chi connectivity index (χ1) is 8.40. The topological polar surface area (TPSA) is 46.6 Å². The summed E-state index contributed by atoms with van der Waals surface area (Å²) < 4.78 is 4.96. The van der Waals surface area contributed by atoms with E-state index in [1.165, 1.54) is 0 Å². The highest BCUT2D eigenvalue weighted by Gasteiger charge is 2.19. The predicted molar refractivity (Wildman–Crippen MR) is 72.2 cm³/mol. The third-order valence-corrected chi connectivity index (χ3v) is 2.64. The number of hydrogen-bond donors (Lipinski definition) is 0. The van der Waals surface area contributed by atoms with Crippen molar-refractivity contribution in [3.8, 4) is 0 Å². The summed E-state index contributed by atoms with van der Waals surface area (Å²) in [6.45, 7) is 10.5. The van der Waals surface area contributed by atoms with E-state index in [1.54, 1.807) is 0 Å². The van der Waals surface area contributed by atoms with E-state index in [2.05, 4.69) is 0 Å². The van der Waals surface area contributed by atoms with E-state index in [0.29, 0.717) is 25.9 Å². The maximum absolute atomic E-state index is 12.0. The SMILES string of the molecule is CCCOC(=O)CCCC(=O)N(C(C)C)C(C)C. The van der Waals surface area contributed by atoms with Crippen LogP contribution in [0, 0.1) is 0 Å². The zero-order valence-electron chi connectivity index (χ0n) is 12.4. The van der Waals surface area contributed by atoms with Crippen molar-refractivity contribution in [1.29, 1.82) is 0 Å². The van der Waals surface area contributed by atoms with Crippen molar-refractivity contribution in [3.63, 3.8) is 0 Å². The normalized spacial score (nSPS) is 10.8. The molecular weight excluding hydrogens is 230 g/mol. The number of nitrogens with zero attached hydrogens (tertiary/aromatic N) is 1. The number of amides is 1. The molecule has 0 aliphatic heterocycles. The Morgan fingerprint density at radius 1 is 1.06 bits per heavy atom. The second-order valence-corrected chi connectivity index (χ2v) is 5.06. The van der Waals surface area contributed by atoms with Gasteiger partial charge in [-0.05, 0) is 40.5 Å². The highest BCUT2D eigenvalue weighted by atomic mass is 16.5. The quantitative estimate of drug-likeness (QED) is 0.628. The van der Waals surface area contributed by atoms with Gasteiger partial charge in [0.2, 0.25) is 5.91 Å². The average molecular weight is 257 g/mol. The highest BCUT2D eigenvalue weighted by Crippen LogP contribution is 2.10. The zero-order chi connectivity index (χ0) is 14.1. The van der Waals surface area contributed by atoms with Crippen molar-refractivity contribution >= 4 is 11.9 Å². The number of rotatable bonds is 8. The molecule has 4 heteroatoms. The van der Waals surface area contributed by atoms with Crippen LogP contribution in [0.4, 0.5) is 0 Å². The number of carbonyl (C=O) groups excluding carboxylic acids is 2. The highest BCUT2D eigenvalue weighted by molar-refractivity contribution is 5.77. The Hall–Kier alpha value is -1.06.